The second-order valence-electron chi connectivity index (χ2n) is 8.41. The number of aryl methyl sites for hydroxylation is 4. The molecule has 31 heavy (non-hydrogen) atoms. The zero-order valence-electron chi connectivity index (χ0n) is 18.1. The summed E-state index contributed by atoms with van der Waals surface area (Å²) in [6.45, 7) is 6.27. The quantitative estimate of drug-likeness (QED) is 0.595. The molecule has 0 amide bonds. The van der Waals surface area contributed by atoms with E-state index in [1.807, 2.05) is 30.4 Å². The van der Waals surface area contributed by atoms with Crippen LogP contribution in [0.1, 0.15) is 41.6 Å². The average molecular weight is 457 g/mol. The summed E-state index contributed by atoms with van der Waals surface area (Å²) < 4.78 is 27.8. The first-order valence-electron chi connectivity index (χ1n) is 11.1. The fraction of sp³-hybridized carbons (Fsp3) is 0.478. The van der Waals surface area contributed by atoms with E-state index >= 15 is 0 Å². The molecular weight excluding hydrogens is 428 g/mol. The molecule has 0 bridgehead atoms. The second kappa shape index (κ2) is 8.15. The standard InChI is InChI=1S/C23H28N4O2S2/c1-3-20-24-22(21-18-6-4-5-7-19(18)30-23(21)25-20)26-12-14-27(15-13-26)31(28,29)17-10-8-16(2)9-11-17/h8-11H,3-7,12-15H2,1-2H3. The van der Waals surface area contributed by atoms with Crippen LogP contribution < -0.4 is 4.90 Å². The van der Waals surface area contributed by atoms with E-state index in [0.29, 0.717) is 31.1 Å². The minimum atomic E-state index is -3.47. The molecule has 1 aliphatic heterocycles. The number of benzene rings is 1. The molecule has 164 valence electrons. The van der Waals surface area contributed by atoms with E-state index in [4.69, 9.17) is 9.97 Å². The van der Waals surface area contributed by atoms with Gasteiger partial charge in [-0.3, -0.25) is 0 Å². The van der Waals surface area contributed by atoms with Crippen LogP contribution in [0, 0.1) is 6.92 Å². The Kier molecular flexibility index (Phi) is 5.48. The van der Waals surface area contributed by atoms with Gasteiger partial charge in [0, 0.05) is 37.5 Å². The summed E-state index contributed by atoms with van der Waals surface area (Å²) in [7, 11) is -3.47. The third-order valence-electron chi connectivity index (χ3n) is 6.36. The number of aromatic nitrogens is 2. The van der Waals surface area contributed by atoms with Crippen molar-refractivity contribution >= 4 is 37.4 Å². The number of fused-ring (bicyclic) bond motifs is 3. The molecule has 0 spiro atoms. The number of rotatable bonds is 4. The summed E-state index contributed by atoms with van der Waals surface area (Å²) in [6.07, 6.45) is 5.50. The zero-order chi connectivity index (χ0) is 21.6. The summed E-state index contributed by atoms with van der Waals surface area (Å²) >= 11 is 1.83. The van der Waals surface area contributed by atoms with Gasteiger partial charge in [0.25, 0.3) is 0 Å². The van der Waals surface area contributed by atoms with Crippen molar-refractivity contribution in [1.29, 1.82) is 0 Å². The fourth-order valence-electron chi connectivity index (χ4n) is 4.57. The molecule has 5 rings (SSSR count). The zero-order valence-corrected chi connectivity index (χ0v) is 19.7. The van der Waals surface area contributed by atoms with Crippen LogP contribution in [-0.2, 0) is 29.3 Å². The van der Waals surface area contributed by atoms with Gasteiger partial charge >= 0.3 is 0 Å². The van der Waals surface area contributed by atoms with E-state index in [1.54, 1.807) is 16.4 Å². The predicted octanol–water partition coefficient (Wildman–Crippen LogP) is 3.95. The molecule has 8 heteroatoms. The van der Waals surface area contributed by atoms with Crippen LogP contribution in [-0.4, -0.2) is 48.9 Å². The maximum absolute atomic E-state index is 13.1. The Hall–Kier alpha value is -2.03. The lowest BCUT2D eigenvalue weighted by Gasteiger charge is -2.35. The van der Waals surface area contributed by atoms with Gasteiger partial charge in [-0.25, -0.2) is 18.4 Å². The highest BCUT2D eigenvalue weighted by Gasteiger charge is 2.31. The molecule has 6 nitrogen and oxygen atoms in total. The van der Waals surface area contributed by atoms with Crippen molar-refractivity contribution in [3.8, 4) is 0 Å². The van der Waals surface area contributed by atoms with Crippen molar-refractivity contribution in [3.63, 3.8) is 0 Å². The molecule has 0 N–H and O–H groups in total. The Balaban J connectivity index is 1.44. The molecular formula is C23H28N4O2S2. The van der Waals surface area contributed by atoms with Crippen LogP contribution in [0.2, 0.25) is 0 Å². The van der Waals surface area contributed by atoms with Gasteiger partial charge in [-0.15, -0.1) is 11.3 Å². The molecule has 2 aliphatic rings. The third kappa shape index (κ3) is 3.75. The first kappa shape index (κ1) is 20.8. The number of thiophene rings is 1. The van der Waals surface area contributed by atoms with E-state index < -0.39 is 10.0 Å². The normalized spacial score (nSPS) is 17.8. The Morgan fingerprint density at radius 2 is 1.71 bits per heavy atom. The minimum absolute atomic E-state index is 0.371. The molecule has 3 heterocycles. The van der Waals surface area contributed by atoms with Gasteiger partial charge in [-0.2, -0.15) is 4.31 Å². The molecule has 3 aromatic rings. The van der Waals surface area contributed by atoms with Crippen molar-refractivity contribution in [3.05, 3.63) is 46.1 Å². The molecule has 0 atom stereocenters. The first-order chi connectivity index (χ1) is 15.0. The number of anilines is 1. The van der Waals surface area contributed by atoms with Gasteiger partial charge in [0.15, 0.2) is 0 Å². The number of hydrogen-bond donors (Lipinski definition) is 0. The largest absolute Gasteiger partial charge is 0.353 e. The van der Waals surface area contributed by atoms with Gasteiger partial charge in [0.1, 0.15) is 16.5 Å². The van der Waals surface area contributed by atoms with E-state index in [2.05, 4.69) is 11.8 Å². The first-order valence-corrected chi connectivity index (χ1v) is 13.4. The van der Waals surface area contributed by atoms with Crippen molar-refractivity contribution in [2.45, 2.75) is 50.8 Å². The van der Waals surface area contributed by atoms with Crippen LogP contribution in [0.4, 0.5) is 5.82 Å². The van der Waals surface area contributed by atoms with Gasteiger partial charge < -0.3 is 4.90 Å². The lowest BCUT2D eigenvalue weighted by atomic mass is 9.97. The van der Waals surface area contributed by atoms with Gasteiger partial charge in [0.2, 0.25) is 10.0 Å². The predicted molar refractivity (Wildman–Crippen MR) is 126 cm³/mol. The van der Waals surface area contributed by atoms with E-state index in [-0.39, 0.29) is 0 Å². The van der Waals surface area contributed by atoms with E-state index in [0.717, 1.165) is 41.3 Å². The second-order valence-corrected chi connectivity index (χ2v) is 11.4. The Bertz CT molecular complexity index is 1210. The lowest BCUT2D eigenvalue weighted by molar-refractivity contribution is 0.384. The molecule has 0 unspecified atom stereocenters. The monoisotopic (exact) mass is 456 g/mol. The maximum Gasteiger partial charge on any atom is 0.243 e. The number of nitrogens with zero attached hydrogens (tertiary/aromatic N) is 4. The highest BCUT2D eigenvalue weighted by molar-refractivity contribution is 7.89. The molecule has 1 aliphatic carbocycles. The van der Waals surface area contributed by atoms with Gasteiger partial charge in [-0.1, -0.05) is 24.6 Å². The maximum atomic E-state index is 13.1. The van der Waals surface area contributed by atoms with Crippen molar-refractivity contribution in [1.82, 2.24) is 14.3 Å². The van der Waals surface area contributed by atoms with Crippen LogP contribution in [0.15, 0.2) is 29.2 Å². The van der Waals surface area contributed by atoms with Crippen molar-refractivity contribution in [2.75, 3.05) is 31.1 Å². The smallest absolute Gasteiger partial charge is 0.243 e. The summed E-state index contributed by atoms with van der Waals surface area (Å²) in [5.41, 5.74) is 2.49. The van der Waals surface area contributed by atoms with Crippen LogP contribution in [0.3, 0.4) is 0 Å². The highest BCUT2D eigenvalue weighted by Crippen LogP contribution is 2.40. The number of sulfonamides is 1. The molecule has 1 saturated heterocycles. The van der Waals surface area contributed by atoms with Crippen LogP contribution in [0.25, 0.3) is 10.2 Å². The topological polar surface area (TPSA) is 66.4 Å². The van der Waals surface area contributed by atoms with Crippen LogP contribution >= 0.6 is 11.3 Å². The van der Waals surface area contributed by atoms with Crippen molar-refractivity contribution in [2.24, 2.45) is 0 Å². The Morgan fingerprint density at radius 3 is 2.42 bits per heavy atom. The number of hydrogen-bond acceptors (Lipinski definition) is 6. The average Bonchev–Trinajstić information content (AvgIpc) is 3.17. The molecule has 0 radical (unpaired) electrons. The molecule has 2 aromatic heterocycles. The van der Waals surface area contributed by atoms with Crippen LogP contribution in [0.5, 0.6) is 0 Å². The van der Waals surface area contributed by atoms with E-state index in [9.17, 15) is 8.42 Å². The minimum Gasteiger partial charge on any atom is -0.353 e. The Labute approximate surface area is 188 Å². The summed E-state index contributed by atoms with van der Waals surface area (Å²) in [6, 6.07) is 7.12. The van der Waals surface area contributed by atoms with Gasteiger partial charge in [-0.05, 0) is 50.3 Å². The molecule has 1 fully saturated rings. The Morgan fingerprint density at radius 1 is 1.00 bits per heavy atom. The summed E-state index contributed by atoms with van der Waals surface area (Å²) in [5.74, 6) is 1.88. The van der Waals surface area contributed by atoms with E-state index in [1.165, 1.54) is 28.7 Å². The SMILES string of the molecule is CCc1nc(N2CCN(S(=O)(=O)c3ccc(C)cc3)CC2)c2c3c(sc2n1)CCCC3. The van der Waals surface area contributed by atoms with Crippen molar-refractivity contribution < 1.29 is 8.42 Å². The molecule has 1 aromatic carbocycles. The molecule has 0 saturated carbocycles. The summed E-state index contributed by atoms with van der Waals surface area (Å²) in [5, 5.41) is 1.21. The third-order valence-corrected chi connectivity index (χ3v) is 9.45. The number of piperazine rings is 1. The fourth-order valence-corrected chi connectivity index (χ4v) is 7.26. The highest BCUT2D eigenvalue weighted by atomic mass is 32.2. The summed E-state index contributed by atoms with van der Waals surface area (Å²) in [4.78, 5) is 15.0. The lowest BCUT2D eigenvalue weighted by Crippen LogP contribution is -2.49. The van der Waals surface area contributed by atoms with Gasteiger partial charge in [0.05, 0.1) is 10.3 Å².